The molecule has 1 saturated heterocycles. The van der Waals surface area contributed by atoms with Gasteiger partial charge in [0, 0.05) is 24.3 Å². The number of ether oxygens (including phenoxy) is 2. The summed E-state index contributed by atoms with van der Waals surface area (Å²) in [5, 5.41) is 85.7. The van der Waals surface area contributed by atoms with Gasteiger partial charge in [-0.1, -0.05) is 6.07 Å². The third-order valence-electron chi connectivity index (χ3n) is 5.85. The molecule has 2 rings (SSSR count). The van der Waals surface area contributed by atoms with E-state index in [1.165, 1.54) is 0 Å². The van der Waals surface area contributed by atoms with E-state index >= 15 is 0 Å². The van der Waals surface area contributed by atoms with Crippen LogP contribution in [0.4, 0.5) is 11.4 Å². The van der Waals surface area contributed by atoms with Crippen LogP contribution < -0.4 is 10.6 Å². The van der Waals surface area contributed by atoms with E-state index in [9.17, 15) is 45.6 Å². The van der Waals surface area contributed by atoms with E-state index in [4.69, 9.17) is 9.47 Å². The van der Waals surface area contributed by atoms with Crippen molar-refractivity contribution in [3.05, 3.63) is 24.3 Å². The highest BCUT2D eigenvalue weighted by molar-refractivity contribution is 7.98. The second kappa shape index (κ2) is 15.8. The first-order chi connectivity index (χ1) is 17.6. The third kappa shape index (κ3) is 9.30. The van der Waals surface area contributed by atoms with Crippen molar-refractivity contribution in [3.63, 3.8) is 0 Å². The predicted molar refractivity (Wildman–Crippen MR) is 135 cm³/mol. The summed E-state index contributed by atoms with van der Waals surface area (Å²) < 4.78 is 10.6. The highest BCUT2D eigenvalue weighted by Crippen LogP contribution is 2.25. The van der Waals surface area contributed by atoms with Gasteiger partial charge in [-0.15, -0.1) is 0 Å². The minimum absolute atomic E-state index is 0.132. The summed E-state index contributed by atoms with van der Waals surface area (Å²) in [5.74, 6) is 0.745. The van der Waals surface area contributed by atoms with Gasteiger partial charge in [-0.3, -0.25) is 4.79 Å². The largest absolute Gasteiger partial charge is 0.394 e. The van der Waals surface area contributed by atoms with Crippen molar-refractivity contribution in [2.75, 3.05) is 42.4 Å². The Morgan fingerprint density at radius 3 is 2.43 bits per heavy atom. The van der Waals surface area contributed by atoms with E-state index in [-0.39, 0.29) is 12.5 Å². The number of carbonyl (C=O) groups excluding carboxylic acids is 1. The summed E-state index contributed by atoms with van der Waals surface area (Å²) in [6, 6.07) is 6.69. The molecular weight excluding hydrogens is 512 g/mol. The average molecular weight is 551 g/mol. The van der Waals surface area contributed by atoms with E-state index in [1.807, 2.05) is 6.26 Å². The van der Waals surface area contributed by atoms with Crippen molar-refractivity contribution in [1.82, 2.24) is 0 Å². The molecule has 14 heteroatoms. The Labute approximate surface area is 219 Å². The Morgan fingerprint density at radius 1 is 1.08 bits per heavy atom. The minimum atomic E-state index is -1.81. The number of hydrogen-bond donors (Lipinski definition) is 10. The minimum Gasteiger partial charge on any atom is -0.394 e. The normalized spacial score (nSPS) is 27.2. The van der Waals surface area contributed by atoms with Gasteiger partial charge in [0.25, 0.3) is 0 Å². The highest BCUT2D eigenvalue weighted by Gasteiger charge is 2.46. The quantitative estimate of drug-likeness (QED) is 0.102. The molecule has 1 fully saturated rings. The number of rotatable bonds is 15. The smallest absolute Gasteiger partial charge is 0.224 e. The van der Waals surface area contributed by atoms with Gasteiger partial charge >= 0.3 is 0 Å². The van der Waals surface area contributed by atoms with Crippen LogP contribution in [-0.2, 0) is 14.3 Å². The van der Waals surface area contributed by atoms with Gasteiger partial charge in [0.15, 0.2) is 6.29 Å². The number of nitrogens with one attached hydrogen (secondary N) is 2. The molecule has 0 spiro atoms. The first kappa shape index (κ1) is 31.7. The molecule has 1 aliphatic rings. The molecule has 1 aromatic rings. The first-order valence-electron chi connectivity index (χ1n) is 11.9. The van der Waals surface area contributed by atoms with Crippen LogP contribution in [0.2, 0.25) is 0 Å². The number of anilines is 2. The van der Waals surface area contributed by atoms with Crippen molar-refractivity contribution in [3.8, 4) is 0 Å². The Kier molecular flexibility index (Phi) is 13.5. The van der Waals surface area contributed by atoms with Crippen LogP contribution in [0.25, 0.3) is 0 Å². The van der Waals surface area contributed by atoms with Gasteiger partial charge in [-0.2, -0.15) is 11.8 Å². The van der Waals surface area contributed by atoms with E-state index in [0.29, 0.717) is 17.8 Å². The average Bonchev–Trinajstić information content (AvgIpc) is 2.89. The molecule has 0 aromatic heterocycles. The van der Waals surface area contributed by atoms with E-state index < -0.39 is 68.3 Å². The lowest BCUT2D eigenvalue weighted by molar-refractivity contribution is -0.326. The second-order valence-electron chi connectivity index (χ2n) is 8.71. The molecule has 1 heterocycles. The van der Waals surface area contributed by atoms with Crippen LogP contribution in [0, 0.1) is 0 Å². The number of aliphatic hydroxyl groups is 8. The van der Waals surface area contributed by atoms with Crippen LogP contribution in [0.5, 0.6) is 0 Å². The van der Waals surface area contributed by atoms with Crippen molar-refractivity contribution < 1.29 is 55.1 Å². The summed E-state index contributed by atoms with van der Waals surface area (Å²) >= 11 is 1.66. The lowest BCUT2D eigenvalue weighted by atomic mass is 9.98. The van der Waals surface area contributed by atoms with Crippen molar-refractivity contribution in [2.45, 2.75) is 68.0 Å². The number of hydrogen-bond acceptors (Lipinski definition) is 13. The molecule has 212 valence electrons. The number of aliphatic hydroxyl groups excluding tert-OH is 8. The monoisotopic (exact) mass is 550 g/mol. The SMILES string of the molecule is CSCCCC(=O)Nc1cccc(NCC(O)[C@H](O)[C@@H](O[C@@H]2OC(CO)[C@@H](O)[C@@H](O)C2O)C(O)CO)c1. The van der Waals surface area contributed by atoms with E-state index in [0.717, 1.165) is 12.2 Å². The maximum Gasteiger partial charge on any atom is 0.224 e. The maximum absolute atomic E-state index is 12.0. The van der Waals surface area contributed by atoms with E-state index in [2.05, 4.69) is 10.6 Å². The number of benzene rings is 1. The number of thioether (sulfide) groups is 1. The topological polar surface area (TPSA) is 221 Å². The number of carbonyl (C=O) groups is 1. The second-order valence-corrected chi connectivity index (χ2v) is 9.70. The Morgan fingerprint density at radius 2 is 1.78 bits per heavy atom. The molecule has 9 atom stereocenters. The molecule has 0 aliphatic carbocycles. The Hall–Kier alpha value is -1.56. The molecule has 1 aliphatic heterocycles. The molecule has 1 amide bonds. The lowest BCUT2D eigenvalue weighted by Crippen LogP contribution is -2.61. The summed E-state index contributed by atoms with van der Waals surface area (Å²) in [4.78, 5) is 12.0. The Bertz CT molecular complexity index is 821. The van der Waals surface area contributed by atoms with Crippen LogP contribution in [0.15, 0.2) is 24.3 Å². The summed E-state index contributed by atoms with van der Waals surface area (Å²) in [6.07, 6.45) is -11.9. The fourth-order valence-corrected chi connectivity index (χ4v) is 4.14. The molecule has 10 N–H and O–H groups in total. The van der Waals surface area contributed by atoms with Gasteiger partial charge < -0.3 is 61.0 Å². The van der Waals surface area contributed by atoms with Crippen molar-refractivity contribution in [1.29, 1.82) is 0 Å². The van der Waals surface area contributed by atoms with Crippen LogP contribution in [0.1, 0.15) is 12.8 Å². The fraction of sp³-hybridized carbons (Fsp3) is 0.696. The summed E-state index contributed by atoms with van der Waals surface area (Å²) in [7, 11) is 0. The molecule has 13 nitrogen and oxygen atoms in total. The van der Waals surface area contributed by atoms with Crippen LogP contribution in [-0.4, -0.2) is 134 Å². The highest BCUT2D eigenvalue weighted by atomic mass is 32.2. The zero-order chi connectivity index (χ0) is 27.5. The standard InChI is InChI=1S/C23H38N2O11S/c1-37-7-3-6-17(30)25-13-5-2-4-12(8-13)24-9-14(28)18(31)22(15(29)10-26)36-23-21(34)20(33)19(32)16(11-27)35-23/h2,4-5,8,14-16,18-24,26-29,31-34H,3,6-7,9-11H2,1H3,(H,25,30)/t14?,15?,16?,18-,19+,20+,21?,22-,23-/m0/s1. The number of amides is 1. The van der Waals surface area contributed by atoms with Crippen LogP contribution >= 0.6 is 11.8 Å². The van der Waals surface area contributed by atoms with Crippen molar-refractivity contribution >= 4 is 29.0 Å². The maximum atomic E-state index is 12.0. The molecular formula is C23H38N2O11S. The summed E-state index contributed by atoms with van der Waals surface area (Å²) in [6.45, 7) is -1.83. The van der Waals surface area contributed by atoms with Gasteiger partial charge in [-0.05, 0) is 36.6 Å². The summed E-state index contributed by atoms with van der Waals surface area (Å²) in [5.41, 5.74) is 1.05. The molecule has 0 radical (unpaired) electrons. The van der Waals surface area contributed by atoms with Crippen molar-refractivity contribution in [2.24, 2.45) is 0 Å². The molecule has 37 heavy (non-hydrogen) atoms. The Balaban J connectivity index is 1.99. The lowest BCUT2D eigenvalue weighted by Gasteiger charge is -2.42. The molecule has 0 saturated carbocycles. The van der Waals surface area contributed by atoms with Crippen LogP contribution in [0.3, 0.4) is 0 Å². The molecule has 4 unspecified atom stereocenters. The van der Waals surface area contributed by atoms with Gasteiger partial charge in [0.05, 0.1) is 19.3 Å². The molecule has 1 aromatic carbocycles. The fourth-order valence-electron chi connectivity index (χ4n) is 3.71. The van der Waals surface area contributed by atoms with E-state index in [1.54, 1.807) is 36.0 Å². The van der Waals surface area contributed by atoms with Gasteiger partial charge in [-0.25, -0.2) is 0 Å². The molecule has 0 bridgehead atoms. The van der Waals surface area contributed by atoms with Gasteiger partial charge in [0.1, 0.15) is 42.7 Å². The van der Waals surface area contributed by atoms with Gasteiger partial charge in [0.2, 0.25) is 5.91 Å². The first-order valence-corrected chi connectivity index (χ1v) is 13.3. The zero-order valence-electron chi connectivity index (χ0n) is 20.5. The zero-order valence-corrected chi connectivity index (χ0v) is 21.3. The third-order valence-corrected chi connectivity index (χ3v) is 6.55. The predicted octanol–water partition coefficient (Wildman–Crippen LogP) is -2.56.